The fourth-order valence-electron chi connectivity index (χ4n) is 2.26. The van der Waals surface area contributed by atoms with Gasteiger partial charge in [-0.1, -0.05) is 11.3 Å². The minimum absolute atomic E-state index is 0.0787. The van der Waals surface area contributed by atoms with Crippen molar-refractivity contribution in [2.24, 2.45) is 0 Å². The summed E-state index contributed by atoms with van der Waals surface area (Å²) in [4.78, 5) is 30.8. The fourth-order valence-corrected chi connectivity index (χ4v) is 2.26. The van der Waals surface area contributed by atoms with Crippen LogP contribution in [0.4, 0.5) is 0 Å². The van der Waals surface area contributed by atoms with Crippen molar-refractivity contribution < 1.29 is 4.79 Å². The van der Waals surface area contributed by atoms with Gasteiger partial charge in [0.25, 0.3) is 11.5 Å². The van der Waals surface area contributed by atoms with Crippen molar-refractivity contribution in [3.63, 3.8) is 0 Å². The number of nitrogens with zero attached hydrogens (tertiary/aromatic N) is 5. The maximum Gasteiger partial charge on any atom is 0.290 e. The van der Waals surface area contributed by atoms with Crippen molar-refractivity contribution in [3.8, 4) is 11.3 Å². The molecule has 0 spiro atoms. The van der Waals surface area contributed by atoms with E-state index in [0.717, 1.165) is 15.6 Å². The molecule has 1 amide bonds. The van der Waals surface area contributed by atoms with Gasteiger partial charge in [-0.2, -0.15) is 9.50 Å². The van der Waals surface area contributed by atoms with Gasteiger partial charge in [-0.05, 0) is 12.1 Å². The van der Waals surface area contributed by atoms with Crippen LogP contribution in [0.1, 0.15) is 10.6 Å². The molecular weight excluding hydrogens is 300 g/mol. The number of carbonyl (C=O) groups is 1. The van der Waals surface area contributed by atoms with Crippen LogP contribution < -0.4 is 10.9 Å². The number of rotatable bonds is 2. The maximum atomic E-state index is 12.2. The number of fused-ring (bicyclic) bond motifs is 2. The summed E-state index contributed by atoms with van der Waals surface area (Å²) in [6, 6.07) is 6.81. The van der Waals surface area contributed by atoms with Crippen molar-refractivity contribution >= 4 is 22.7 Å². The second-order valence-electron chi connectivity index (χ2n) is 4.81. The number of nitrogens with one attached hydrogen (secondary N) is 3. The van der Waals surface area contributed by atoms with E-state index in [4.69, 9.17) is 0 Å². The molecule has 0 fully saturated rings. The molecule has 0 saturated carbocycles. The molecule has 4 rings (SSSR count). The van der Waals surface area contributed by atoms with Crippen LogP contribution >= 0.6 is 0 Å². The first-order valence-corrected chi connectivity index (χ1v) is 6.69. The summed E-state index contributed by atoms with van der Waals surface area (Å²) < 4.78 is 1.04. The van der Waals surface area contributed by atoms with Crippen molar-refractivity contribution in [3.05, 3.63) is 40.4 Å². The van der Waals surface area contributed by atoms with Crippen LogP contribution in [0, 0.1) is 0 Å². The van der Waals surface area contributed by atoms with Crippen LogP contribution in [0.5, 0.6) is 0 Å². The average molecular weight is 310 g/mol. The van der Waals surface area contributed by atoms with E-state index in [9.17, 15) is 9.59 Å². The zero-order chi connectivity index (χ0) is 16.0. The summed E-state index contributed by atoms with van der Waals surface area (Å²) in [5.74, 6) is -0.358. The lowest BCUT2D eigenvalue weighted by molar-refractivity contribution is 0.0953. The highest BCUT2D eigenvalue weighted by Gasteiger charge is 2.14. The molecule has 0 saturated heterocycles. The first kappa shape index (κ1) is 13.1. The van der Waals surface area contributed by atoms with Crippen molar-refractivity contribution in [1.82, 2.24) is 40.3 Å². The molecule has 23 heavy (non-hydrogen) atoms. The largest absolute Gasteiger partial charge is 0.352 e. The minimum atomic E-state index is -0.466. The second-order valence-corrected chi connectivity index (χ2v) is 4.81. The SMILES string of the molecule is CNC(=O)c1nc2[nH]c(-c3ccc4[nH]nnc4c3)cc(=O)n2n1. The monoisotopic (exact) mass is 310 g/mol. The molecule has 114 valence electrons. The molecule has 1 aromatic carbocycles. The summed E-state index contributed by atoms with van der Waals surface area (Å²) in [6.45, 7) is 0. The third-order valence-corrected chi connectivity index (χ3v) is 3.40. The highest BCUT2D eigenvalue weighted by Crippen LogP contribution is 2.19. The van der Waals surface area contributed by atoms with Gasteiger partial charge in [-0.25, -0.2) is 0 Å². The number of benzene rings is 1. The molecular formula is C13H10N8O2. The Kier molecular flexibility index (Phi) is 2.70. The van der Waals surface area contributed by atoms with Crippen LogP contribution in [-0.2, 0) is 0 Å². The molecule has 0 aliphatic rings. The third-order valence-electron chi connectivity index (χ3n) is 3.40. The quantitative estimate of drug-likeness (QED) is 0.466. The first-order chi connectivity index (χ1) is 11.2. The third kappa shape index (κ3) is 2.04. The number of H-pyrrole nitrogens is 2. The van der Waals surface area contributed by atoms with Gasteiger partial charge in [0.1, 0.15) is 5.52 Å². The van der Waals surface area contributed by atoms with Crippen LogP contribution in [0.2, 0.25) is 0 Å². The molecule has 3 N–H and O–H groups in total. The van der Waals surface area contributed by atoms with E-state index in [-0.39, 0.29) is 11.6 Å². The molecule has 0 unspecified atom stereocenters. The smallest absolute Gasteiger partial charge is 0.290 e. The Balaban J connectivity index is 1.90. The number of aromatic amines is 2. The topological polar surface area (TPSA) is 134 Å². The first-order valence-electron chi connectivity index (χ1n) is 6.69. The predicted molar refractivity (Wildman–Crippen MR) is 79.9 cm³/mol. The summed E-state index contributed by atoms with van der Waals surface area (Å²) in [5, 5.41) is 16.7. The highest BCUT2D eigenvalue weighted by atomic mass is 16.2. The van der Waals surface area contributed by atoms with Gasteiger partial charge in [-0.3, -0.25) is 14.7 Å². The molecule has 3 heterocycles. The standard InChI is InChI=1S/C13H10N8O2/c1-14-12(23)11-16-13-15-8(5-10(22)21(13)19-11)6-2-3-7-9(4-6)18-20-17-7/h2-5H,1H3,(H,14,23)(H,15,16,19)(H,17,18,20). The Labute approximate surface area is 127 Å². The fraction of sp³-hybridized carbons (Fsp3) is 0.0769. The van der Waals surface area contributed by atoms with Crippen molar-refractivity contribution in [2.75, 3.05) is 7.05 Å². The molecule has 4 aromatic rings. The van der Waals surface area contributed by atoms with Gasteiger partial charge in [0.15, 0.2) is 0 Å². The van der Waals surface area contributed by atoms with Gasteiger partial charge in [0.05, 0.1) is 11.2 Å². The van der Waals surface area contributed by atoms with Gasteiger partial charge in [0.2, 0.25) is 11.6 Å². The Morgan fingerprint density at radius 1 is 1.30 bits per heavy atom. The maximum absolute atomic E-state index is 12.2. The Morgan fingerprint density at radius 3 is 3.00 bits per heavy atom. The summed E-state index contributed by atoms with van der Waals surface area (Å²) in [7, 11) is 1.47. The van der Waals surface area contributed by atoms with Gasteiger partial charge in [-0.15, -0.1) is 10.2 Å². The number of hydrogen-bond donors (Lipinski definition) is 3. The van der Waals surface area contributed by atoms with Gasteiger partial charge >= 0.3 is 0 Å². The van der Waals surface area contributed by atoms with Crippen LogP contribution in [0.3, 0.4) is 0 Å². The predicted octanol–water partition coefficient (Wildman–Crippen LogP) is -0.284. The van der Waals surface area contributed by atoms with E-state index in [0.29, 0.717) is 11.2 Å². The van der Waals surface area contributed by atoms with Crippen molar-refractivity contribution in [1.29, 1.82) is 0 Å². The number of amides is 1. The lowest BCUT2D eigenvalue weighted by atomic mass is 10.1. The molecule has 0 aliphatic carbocycles. The van der Waals surface area contributed by atoms with E-state index in [2.05, 4.69) is 35.8 Å². The second kappa shape index (κ2) is 4.73. The average Bonchev–Trinajstić information content (AvgIpc) is 3.19. The normalized spacial score (nSPS) is 11.2. The lowest BCUT2D eigenvalue weighted by Crippen LogP contribution is -2.20. The van der Waals surface area contributed by atoms with E-state index >= 15 is 0 Å². The van der Waals surface area contributed by atoms with Gasteiger partial charge < -0.3 is 10.3 Å². The van der Waals surface area contributed by atoms with E-state index in [1.807, 2.05) is 12.1 Å². The summed E-state index contributed by atoms with van der Waals surface area (Å²) in [6.07, 6.45) is 0. The van der Waals surface area contributed by atoms with Crippen LogP contribution in [0.25, 0.3) is 28.1 Å². The zero-order valence-electron chi connectivity index (χ0n) is 11.9. The summed E-state index contributed by atoms with van der Waals surface area (Å²) >= 11 is 0. The molecule has 0 bridgehead atoms. The molecule has 0 aliphatic heterocycles. The minimum Gasteiger partial charge on any atom is -0.352 e. The Bertz CT molecular complexity index is 1110. The molecule has 0 radical (unpaired) electrons. The van der Waals surface area contributed by atoms with Crippen LogP contribution in [-0.4, -0.2) is 47.9 Å². The molecule has 3 aromatic heterocycles. The van der Waals surface area contributed by atoms with Crippen molar-refractivity contribution in [2.45, 2.75) is 0 Å². The number of hydrogen-bond acceptors (Lipinski definition) is 6. The van der Waals surface area contributed by atoms with E-state index < -0.39 is 11.5 Å². The van der Waals surface area contributed by atoms with Gasteiger partial charge in [0, 0.05) is 18.7 Å². The van der Waals surface area contributed by atoms with E-state index in [1.54, 1.807) is 6.07 Å². The Morgan fingerprint density at radius 2 is 2.17 bits per heavy atom. The number of carbonyl (C=O) groups excluding carboxylic acids is 1. The molecule has 10 nitrogen and oxygen atoms in total. The highest BCUT2D eigenvalue weighted by molar-refractivity contribution is 5.90. The van der Waals surface area contributed by atoms with Crippen LogP contribution in [0.15, 0.2) is 29.1 Å². The molecule has 0 atom stereocenters. The van der Waals surface area contributed by atoms with E-state index in [1.165, 1.54) is 13.1 Å². The lowest BCUT2D eigenvalue weighted by Gasteiger charge is -2.01. The number of aromatic nitrogens is 7. The summed E-state index contributed by atoms with van der Waals surface area (Å²) in [5.41, 5.74) is 2.37. The molecule has 10 heteroatoms. The zero-order valence-corrected chi connectivity index (χ0v) is 11.9. The Hall–Kier alpha value is -3.56.